The quantitative estimate of drug-likeness (QED) is 0.845. The predicted molar refractivity (Wildman–Crippen MR) is 86.5 cm³/mol. The number of aromatic nitrogens is 2. The molecule has 0 saturated heterocycles. The number of carbonyl (C=O) groups excluding carboxylic acids is 1. The first kappa shape index (κ1) is 16.0. The molecule has 1 heterocycles. The van der Waals surface area contributed by atoms with E-state index in [0.717, 1.165) is 0 Å². The third-order valence-electron chi connectivity index (χ3n) is 3.00. The Balaban J connectivity index is 2.31. The van der Waals surface area contributed by atoms with Crippen LogP contribution in [0.15, 0.2) is 24.4 Å². The molecule has 0 spiro atoms. The molecule has 2 rings (SSSR count). The normalized spacial score (nSPS) is 10.6. The molecule has 0 aliphatic rings. The maximum atomic E-state index is 12.4. The van der Waals surface area contributed by atoms with E-state index in [1.807, 2.05) is 13.8 Å². The van der Waals surface area contributed by atoms with Crippen LogP contribution in [0.3, 0.4) is 0 Å². The van der Waals surface area contributed by atoms with Gasteiger partial charge < -0.3 is 15.8 Å². The Morgan fingerprint density at radius 1 is 1.41 bits per heavy atom. The number of anilines is 2. The van der Waals surface area contributed by atoms with Gasteiger partial charge in [-0.05, 0) is 12.1 Å². The number of halogens is 1. The number of ether oxygens (including phenoxy) is 1. The van der Waals surface area contributed by atoms with Crippen molar-refractivity contribution in [2.24, 2.45) is 0 Å². The number of hydrogen-bond acceptors (Lipinski definition) is 5. The summed E-state index contributed by atoms with van der Waals surface area (Å²) < 4.78 is 5.11. The summed E-state index contributed by atoms with van der Waals surface area (Å²) in [6, 6.07) is 4.99. The van der Waals surface area contributed by atoms with Crippen molar-refractivity contribution in [3.05, 3.63) is 40.9 Å². The van der Waals surface area contributed by atoms with Crippen LogP contribution in [0.2, 0.25) is 5.02 Å². The zero-order valence-corrected chi connectivity index (χ0v) is 13.3. The Labute approximate surface area is 133 Å². The molecule has 7 heteroatoms. The molecule has 1 aromatic heterocycles. The molecule has 3 N–H and O–H groups in total. The number of methoxy groups -OCH3 is 1. The lowest BCUT2D eigenvalue weighted by atomic mass is 10.2. The molecule has 0 aliphatic carbocycles. The summed E-state index contributed by atoms with van der Waals surface area (Å²) in [6.07, 6.45) is 1.42. The van der Waals surface area contributed by atoms with Crippen molar-refractivity contribution in [1.29, 1.82) is 0 Å². The van der Waals surface area contributed by atoms with Crippen LogP contribution in [0, 0.1) is 0 Å². The van der Waals surface area contributed by atoms with E-state index >= 15 is 0 Å². The SMILES string of the molecule is COc1ccc(N)c(NC(=O)c2nc(C(C)C)ncc2Cl)c1. The number of nitrogens with two attached hydrogens (primary N) is 1. The van der Waals surface area contributed by atoms with Gasteiger partial charge in [0.05, 0.1) is 29.7 Å². The number of carbonyl (C=O) groups is 1. The Bertz CT molecular complexity index is 704. The topological polar surface area (TPSA) is 90.1 Å². The van der Waals surface area contributed by atoms with E-state index in [9.17, 15) is 4.79 Å². The Hall–Kier alpha value is -2.34. The van der Waals surface area contributed by atoms with Crippen molar-refractivity contribution in [2.75, 3.05) is 18.2 Å². The average Bonchev–Trinajstić information content (AvgIpc) is 2.49. The fraction of sp³-hybridized carbons (Fsp3) is 0.267. The van der Waals surface area contributed by atoms with E-state index in [2.05, 4.69) is 15.3 Å². The van der Waals surface area contributed by atoms with Crippen LogP contribution in [0.5, 0.6) is 5.75 Å². The molecule has 0 fully saturated rings. The van der Waals surface area contributed by atoms with Gasteiger partial charge in [0.1, 0.15) is 11.6 Å². The van der Waals surface area contributed by atoms with Crippen LogP contribution >= 0.6 is 11.6 Å². The van der Waals surface area contributed by atoms with Crippen molar-refractivity contribution < 1.29 is 9.53 Å². The highest BCUT2D eigenvalue weighted by Gasteiger charge is 2.17. The van der Waals surface area contributed by atoms with Gasteiger partial charge >= 0.3 is 0 Å². The molecule has 0 unspecified atom stereocenters. The first-order chi connectivity index (χ1) is 10.4. The highest BCUT2D eigenvalue weighted by Crippen LogP contribution is 2.25. The second kappa shape index (κ2) is 6.62. The standard InChI is InChI=1S/C15H17ClN4O2/c1-8(2)14-18-7-10(16)13(20-14)15(21)19-12-6-9(22-3)4-5-11(12)17/h4-8H,17H2,1-3H3,(H,19,21). The number of rotatable bonds is 4. The molecule has 0 saturated carbocycles. The van der Waals surface area contributed by atoms with Crippen LogP contribution in [0.4, 0.5) is 11.4 Å². The molecule has 0 bridgehead atoms. The Morgan fingerprint density at radius 3 is 2.77 bits per heavy atom. The molecular weight excluding hydrogens is 304 g/mol. The van der Waals surface area contributed by atoms with Crippen LogP contribution in [-0.4, -0.2) is 23.0 Å². The van der Waals surface area contributed by atoms with Gasteiger partial charge in [0.2, 0.25) is 0 Å². The van der Waals surface area contributed by atoms with Crippen molar-refractivity contribution >= 4 is 28.9 Å². The minimum atomic E-state index is -0.450. The van der Waals surface area contributed by atoms with Crippen LogP contribution in [0.1, 0.15) is 36.1 Å². The van der Waals surface area contributed by atoms with Gasteiger partial charge in [-0.2, -0.15) is 0 Å². The third-order valence-corrected chi connectivity index (χ3v) is 3.28. The maximum Gasteiger partial charge on any atom is 0.276 e. The summed E-state index contributed by atoms with van der Waals surface area (Å²) in [5, 5.41) is 2.87. The molecule has 22 heavy (non-hydrogen) atoms. The van der Waals surface area contributed by atoms with Crippen LogP contribution in [0.25, 0.3) is 0 Å². The van der Waals surface area contributed by atoms with Crippen molar-refractivity contribution in [3.8, 4) is 5.75 Å². The summed E-state index contributed by atoms with van der Waals surface area (Å²) in [4.78, 5) is 20.7. The minimum Gasteiger partial charge on any atom is -0.497 e. The number of benzene rings is 1. The van der Waals surface area contributed by atoms with E-state index in [4.69, 9.17) is 22.1 Å². The average molecular weight is 321 g/mol. The Kier molecular flexibility index (Phi) is 4.82. The lowest BCUT2D eigenvalue weighted by molar-refractivity contribution is 0.102. The van der Waals surface area contributed by atoms with Gasteiger partial charge in [0.25, 0.3) is 5.91 Å². The number of nitrogens with one attached hydrogen (secondary N) is 1. The molecule has 1 amide bonds. The van der Waals surface area contributed by atoms with Crippen LogP contribution < -0.4 is 15.8 Å². The number of hydrogen-bond donors (Lipinski definition) is 2. The molecule has 116 valence electrons. The minimum absolute atomic E-state index is 0.0886. The second-order valence-electron chi connectivity index (χ2n) is 4.99. The smallest absolute Gasteiger partial charge is 0.276 e. The third kappa shape index (κ3) is 3.46. The zero-order chi connectivity index (χ0) is 16.3. The summed E-state index contributed by atoms with van der Waals surface area (Å²) in [7, 11) is 1.54. The summed E-state index contributed by atoms with van der Waals surface area (Å²) >= 11 is 6.02. The molecule has 6 nitrogen and oxygen atoms in total. The van der Waals surface area contributed by atoms with E-state index in [1.54, 1.807) is 18.2 Å². The van der Waals surface area contributed by atoms with Crippen LogP contribution in [-0.2, 0) is 0 Å². The van der Waals surface area contributed by atoms with Gasteiger partial charge in [-0.1, -0.05) is 25.4 Å². The molecule has 0 aliphatic heterocycles. The first-order valence-electron chi connectivity index (χ1n) is 6.69. The van der Waals surface area contributed by atoms with E-state index in [-0.39, 0.29) is 16.6 Å². The van der Waals surface area contributed by atoms with Gasteiger partial charge in [-0.3, -0.25) is 4.79 Å². The van der Waals surface area contributed by atoms with E-state index < -0.39 is 5.91 Å². The highest BCUT2D eigenvalue weighted by atomic mass is 35.5. The van der Waals surface area contributed by atoms with Crippen molar-refractivity contribution in [3.63, 3.8) is 0 Å². The van der Waals surface area contributed by atoms with Gasteiger partial charge in [0.15, 0.2) is 5.69 Å². The number of amides is 1. The number of nitrogens with zero attached hydrogens (tertiary/aromatic N) is 2. The molecular formula is C15H17ClN4O2. The molecule has 0 radical (unpaired) electrons. The van der Waals surface area contributed by atoms with Crippen molar-refractivity contribution in [2.45, 2.75) is 19.8 Å². The summed E-state index contributed by atoms with van der Waals surface area (Å²) in [5.41, 5.74) is 6.82. The predicted octanol–water partition coefficient (Wildman–Crippen LogP) is 3.10. The van der Waals surface area contributed by atoms with E-state index in [0.29, 0.717) is 22.9 Å². The van der Waals surface area contributed by atoms with E-state index in [1.165, 1.54) is 13.3 Å². The molecule has 1 aromatic carbocycles. The monoisotopic (exact) mass is 320 g/mol. The van der Waals surface area contributed by atoms with Gasteiger partial charge in [-0.25, -0.2) is 9.97 Å². The number of nitrogen functional groups attached to an aromatic ring is 1. The van der Waals surface area contributed by atoms with Gasteiger partial charge in [0, 0.05) is 12.0 Å². The fourth-order valence-electron chi connectivity index (χ4n) is 1.77. The second-order valence-corrected chi connectivity index (χ2v) is 5.39. The lowest BCUT2D eigenvalue weighted by Crippen LogP contribution is -2.17. The zero-order valence-electron chi connectivity index (χ0n) is 12.6. The largest absolute Gasteiger partial charge is 0.497 e. The van der Waals surface area contributed by atoms with Gasteiger partial charge in [-0.15, -0.1) is 0 Å². The lowest BCUT2D eigenvalue weighted by Gasteiger charge is -2.11. The summed E-state index contributed by atoms with van der Waals surface area (Å²) in [5.74, 6) is 0.772. The first-order valence-corrected chi connectivity index (χ1v) is 7.07. The van der Waals surface area contributed by atoms with Crippen molar-refractivity contribution in [1.82, 2.24) is 9.97 Å². The molecule has 0 atom stereocenters. The summed E-state index contributed by atoms with van der Waals surface area (Å²) in [6.45, 7) is 3.87. The highest BCUT2D eigenvalue weighted by molar-refractivity contribution is 6.34. The Morgan fingerprint density at radius 2 is 2.14 bits per heavy atom. The maximum absolute atomic E-state index is 12.4. The molecule has 2 aromatic rings. The fourth-order valence-corrected chi connectivity index (χ4v) is 1.95.